The number of amides is 1. The summed E-state index contributed by atoms with van der Waals surface area (Å²) < 4.78 is 32.1. The molecule has 0 saturated carbocycles. The van der Waals surface area contributed by atoms with E-state index in [0.717, 1.165) is 29.1 Å². The quantitative estimate of drug-likeness (QED) is 0.577. The van der Waals surface area contributed by atoms with E-state index in [1.807, 2.05) is 54.6 Å². The van der Waals surface area contributed by atoms with Gasteiger partial charge in [-0.05, 0) is 42.0 Å². The van der Waals surface area contributed by atoms with Crippen LogP contribution in [0.5, 0.6) is 5.75 Å². The van der Waals surface area contributed by atoms with Crippen LogP contribution in [0.25, 0.3) is 0 Å². The van der Waals surface area contributed by atoms with Gasteiger partial charge in [-0.25, -0.2) is 8.78 Å². The summed E-state index contributed by atoms with van der Waals surface area (Å²) in [6.07, 6.45) is 0.142. The lowest BCUT2D eigenvalue weighted by Crippen LogP contribution is -2.17. The van der Waals surface area contributed by atoms with Crippen molar-refractivity contribution in [2.24, 2.45) is 0 Å². The molecule has 1 amide bonds. The van der Waals surface area contributed by atoms with Crippen molar-refractivity contribution in [1.82, 2.24) is 0 Å². The van der Waals surface area contributed by atoms with Crippen molar-refractivity contribution in [1.29, 1.82) is 0 Å². The van der Waals surface area contributed by atoms with Crippen LogP contribution in [0.1, 0.15) is 12.0 Å². The van der Waals surface area contributed by atoms with Crippen LogP contribution in [-0.2, 0) is 11.4 Å². The second-order valence-corrected chi connectivity index (χ2v) is 6.15. The summed E-state index contributed by atoms with van der Waals surface area (Å²) in [5.74, 6) is -1.10. The van der Waals surface area contributed by atoms with Crippen molar-refractivity contribution in [3.05, 3.63) is 90.0 Å². The van der Waals surface area contributed by atoms with Crippen LogP contribution in [0.2, 0.25) is 0 Å². The highest BCUT2D eigenvalue weighted by Gasteiger charge is 2.08. The molecule has 0 unspecified atom stereocenters. The highest BCUT2D eigenvalue weighted by Crippen LogP contribution is 2.18. The predicted molar refractivity (Wildman–Crippen MR) is 105 cm³/mol. The monoisotopic (exact) mass is 382 g/mol. The predicted octanol–water partition coefficient (Wildman–Crippen LogP) is 4.98. The minimum absolute atomic E-state index is 0.0358. The molecule has 0 aliphatic heterocycles. The topological polar surface area (TPSA) is 50.4 Å². The first-order valence-electron chi connectivity index (χ1n) is 8.86. The summed E-state index contributed by atoms with van der Waals surface area (Å²) in [4.78, 5) is 11.9. The van der Waals surface area contributed by atoms with Gasteiger partial charge in [-0.3, -0.25) is 4.79 Å². The van der Waals surface area contributed by atoms with Crippen LogP contribution in [0.4, 0.5) is 20.2 Å². The molecule has 0 spiro atoms. The maximum atomic E-state index is 13.5. The lowest BCUT2D eigenvalue weighted by Gasteiger charge is -2.10. The molecule has 3 rings (SSSR count). The minimum atomic E-state index is -0.799. The lowest BCUT2D eigenvalue weighted by molar-refractivity contribution is -0.116. The number of carbonyl (C=O) groups excluding carboxylic acids is 1. The SMILES string of the molecule is O=C(CCNc1ccc(OCc2ccccc2)cc1)Nc1ccc(F)cc1F. The molecule has 0 aliphatic rings. The smallest absolute Gasteiger partial charge is 0.226 e. The van der Waals surface area contributed by atoms with Gasteiger partial charge in [0, 0.05) is 24.7 Å². The van der Waals surface area contributed by atoms with Gasteiger partial charge in [0.2, 0.25) is 5.91 Å². The molecule has 0 atom stereocenters. The highest BCUT2D eigenvalue weighted by molar-refractivity contribution is 5.91. The second kappa shape index (κ2) is 9.50. The molecule has 3 aromatic rings. The molecule has 0 saturated heterocycles. The molecule has 0 radical (unpaired) electrons. The molecule has 6 heteroatoms. The maximum Gasteiger partial charge on any atom is 0.226 e. The van der Waals surface area contributed by atoms with Gasteiger partial charge in [0.25, 0.3) is 0 Å². The summed E-state index contributed by atoms with van der Waals surface area (Å²) >= 11 is 0. The molecule has 144 valence electrons. The number of nitrogens with one attached hydrogen (secondary N) is 2. The Hall–Kier alpha value is -3.41. The number of carbonyl (C=O) groups is 1. The van der Waals surface area contributed by atoms with Crippen LogP contribution < -0.4 is 15.4 Å². The zero-order valence-electron chi connectivity index (χ0n) is 15.1. The Morgan fingerprint density at radius 3 is 2.39 bits per heavy atom. The molecule has 0 bridgehead atoms. The summed E-state index contributed by atoms with van der Waals surface area (Å²) in [6, 6.07) is 20.3. The lowest BCUT2D eigenvalue weighted by atomic mass is 10.2. The number of hydrogen-bond donors (Lipinski definition) is 2. The van der Waals surface area contributed by atoms with E-state index in [1.165, 1.54) is 6.07 Å². The largest absolute Gasteiger partial charge is 0.489 e. The van der Waals surface area contributed by atoms with Crippen LogP contribution in [0.15, 0.2) is 72.8 Å². The van der Waals surface area contributed by atoms with Crippen LogP contribution in [0, 0.1) is 11.6 Å². The Morgan fingerprint density at radius 2 is 1.68 bits per heavy atom. The summed E-state index contributed by atoms with van der Waals surface area (Å²) in [6.45, 7) is 0.868. The van der Waals surface area contributed by atoms with E-state index in [0.29, 0.717) is 13.2 Å². The molecule has 0 aliphatic carbocycles. The zero-order chi connectivity index (χ0) is 19.8. The van der Waals surface area contributed by atoms with E-state index >= 15 is 0 Å². The standard InChI is InChI=1S/C22H20F2N2O2/c23-17-6-11-21(20(24)14-17)26-22(27)12-13-25-18-7-9-19(10-8-18)28-15-16-4-2-1-3-5-16/h1-11,14,25H,12-13,15H2,(H,26,27). The Balaban J connectivity index is 1.41. The number of halogens is 2. The van der Waals surface area contributed by atoms with Crippen molar-refractivity contribution in [2.45, 2.75) is 13.0 Å². The van der Waals surface area contributed by atoms with Crippen LogP contribution in [-0.4, -0.2) is 12.5 Å². The van der Waals surface area contributed by atoms with Crippen molar-refractivity contribution < 1.29 is 18.3 Å². The van der Waals surface area contributed by atoms with Gasteiger partial charge in [-0.15, -0.1) is 0 Å². The van der Waals surface area contributed by atoms with E-state index in [-0.39, 0.29) is 18.0 Å². The fraction of sp³-hybridized carbons (Fsp3) is 0.136. The van der Waals surface area contributed by atoms with Gasteiger partial charge in [-0.1, -0.05) is 30.3 Å². The number of rotatable bonds is 8. The maximum absolute atomic E-state index is 13.5. The molecule has 4 nitrogen and oxygen atoms in total. The summed E-state index contributed by atoms with van der Waals surface area (Å²) in [7, 11) is 0. The van der Waals surface area contributed by atoms with Gasteiger partial charge in [-0.2, -0.15) is 0 Å². The third kappa shape index (κ3) is 5.81. The third-order valence-corrected chi connectivity index (χ3v) is 3.99. The molecule has 0 fully saturated rings. The van der Waals surface area contributed by atoms with Crippen molar-refractivity contribution in [3.63, 3.8) is 0 Å². The third-order valence-electron chi connectivity index (χ3n) is 3.99. The summed E-state index contributed by atoms with van der Waals surface area (Å²) in [5, 5.41) is 5.54. The van der Waals surface area contributed by atoms with Gasteiger partial charge >= 0.3 is 0 Å². The van der Waals surface area contributed by atoms with Crippen molar-refractivity contribution in [2.75, 3.05) is 17.2 Å². The van der Waals surface area contributed by atoms with Crippen molar-refractivity contribution in [3.8, 4) is 5.75 Å². The Morgan fingerprint density at radius 1 is 0.929 bits per heavy atom. The summed E-state index contributed by atoms with van der Waals surface area (Å²) in [5.41, 5.74) is 1.90. The molecular formula is C22H20F2N2O2. The van der Waals surface area contributed by atoms with E-state index in [9.17, 15) is 13.6 Å². The second-order valence-electron chi connectivity index (χ2n) is 6.15. The first-order chi connectivity index (χ1) is 13.6. The van der Waals surface area contributed by atoms with E-state index < -0.39 is 11.6 Å². The van der Waals surface area contributed by atoms with Gasteiger partial charge in [0.1, 0.15) is 24.0 Å². The van der Waals surface area contributed by atoms with E-state index in [1.54, 1.807) is 0 Å². The average Bonchev–Trinajstić information content (AvgIpc) is 2.70. The van der Waals surface area contributed by atoms with Crippen LogP contribution >= 0.6 is 0 Å². The van der Waals surface area contributed by atoms with Gasteiger partial charge in [0.15, 0.2) is 0 Å². The molecular weight excluding hydrogens is 362 g/mol. The number of benzene rings is 3. The zero-order valence-corrected chi connectivity index (χ0v) is 15.1. The Labute approximate surface area is 162 Å². The number of hydrogen-bond acceptors (Lipinski definition) is 3. The first-order valence-corrected chi connectivity index (χ1v) is 8.86. The molecule has 2 N–H and O–H groups in total. The number of anilines is 2. The van der Waals surface area contributed by atoms with Crippen LogP contribution in [0.3, 0.4) is 0 Å². The molecule has 0 aromatic heterocycles. The molecule has 0 heterocycles. The van der Waals surface area contributed by atoms with Gasteiger partial charge < -0.3 is 15.4 Å². The van der Waals surface area contributed by atoms with Crippen molar-refractivity contribution >= 4 is 17.3 Å². The highest BCUT2D eigenvalue weighted by atomic mass is 19.1. The van der Waals surface area contributed by atoms with E-state index in [4.69, 9.17) is 4.74 Å². The fourth-order valence-electron chi connectivity index (χ4n) is 2.53. The Bertz CT molecular complexity index is 916. The van der Waals surface area contributed by atoms with Gasteiger partial charge in [0.05, 0.1) is 5.69 Å². The van der Waals surface area contributed by atoms with E-state index in [2.05, 4.69) is 10.6 Å². The number of ether oxygens (including phenoxy) is 1. The average molecular weight is 382 g/mol. The normalized spacial score (nSPS) is 10.4. The minimum Gasteiger partial charge on any atom is -0.489 e. The first kappa shape index (κ1) is 19.4. The molecule has 28 heavy (non-hydrogen) atoms. The Kier molecular flexibility index (Phi) is 6.57. The fourth-order valence-corrected chi connectivity index (χ4v) is 2.53. The molecule has 3 aromatic carbocycles.